The molecule has 9 heteroatoms. The number of anilines is 1. The Morgan fingerprint density at radius 1 is 1.10 bits per heavy atom. The zero-order valence-electron chi connectivity index (χ0n) is 15.5. The molecule has 2 aromatic carbocycles. The molecule has 4 N–H and O–H groups in total. The van der Waals surface area contributed by atoms with Crippen LogP contribution < -0.4 is 22.0 Å². The first-order chi connectivity index (χ1) is 14.0. The van der Waals surface area contributed by atoms with E-state index in [1.807, 2.05) is 60.7 Å². The minimum atomic E-state index is -0.734. The van der Waals surface area contributed by atoms with Crippen molar-refractivity contribution in [1.29, 1.82) is 0 Å². The number of nitrogens with one attached hydrogen (secondary N) is 3. The fourth-order valence-corrected chi connectivity index (χ4v) is 2.83. The zero-order chi connectivity index (χ0) is 20.8. The maximum Gasteiger partial charge on any atom is 0.331 e. The Bertz CT molecular complexity index is 1150. The molecule has 1 aromatic heterocycles. The summed E-state index contributed by atoms with van der Waals surface area (Å²) in [7, 11) is 0. The van der Waals surface area contributed by atoms with E-state index in [9.17, 15) is 14.7 Å². The van der Waals surface area contributed by atoms with Gasteiger partial charge in [-0.2, -0.15) is 5.10 Å². The summed E-state index contributed by atoms with van der Waals surface area (Å²) in [5, 5.41) is 17.8. The lowest BCUT2D eigenvalue weighted by Crippen LogP contribution is -2.34. The first-order valence-corrected chi connectivity index (χ1v) is 9.13. The molecule has 3 rings (SSSR count). The number of H-pyrrole nitrogens is 1. The molecule has 148 valence electrons. The number of hydrogen-bond acceptors (Lipinski definition) is 5. The number of aromatic hydroxyl groups is 1. The predicted octanol–water partition coefficient (Wildman–Crippen LogP) is 2.00. The van der Waals surface area contributed by atoms with Gasteiger partial charge in [0.15, 0.2) is 5.11 Å². The van der Waals surface area contributed by atoms with Gasteiger partial charge in [-0.25, -0.2) is 4.79 Å². The number of aromatic nitrogens is 2. The molecule has 1 heterocycles. The van der Waals surface area contributed by atoms with Crippen LogP contribution in [0, 0.1) is 0 Å². The zero-order valence-corrected chi connectivity index (χ0v) is 16.4. The minimum absolute atomic E-state index is 0.101. The van der Waals surface area contributed by atoms with E-state index in [0.29, 0.717) is 0 Å². The maximum atomic E-state index is 12.3. The average Bonchev–Trinajstić information content (AvgIpc) is 2.71. The average molecular weight is 409 g/mol. The summed E-state index contributed by atoms with van der Waals surface area (Å²) in [6.07, 6.45) is 0. The van der Waals surface area contributed by atoms with Crippen molar-refractivity contribution in [3.05, 3.63) is 92.6 Å². The van der Waals surface area contributed by atoms with E-state index in [1.165, 1.54) is 6.92 Å². The number of para-hydroxylation sites is 1. The van der Waals surface area contributed by atoms with Crippen molar-refractivity contribution in [3.8, 4) is 5.88 Å². The topological polar surface area (TPSA) is 112 Å². The van der Waals surface area contributed by atoms with Crippen LogP contribution in [0.3, 0.4) is 0 Å². The van der Waals surface area contributed by atoms with Gasteiger partial charge in [-0.05, 0) is 36.8 Å². The monoisotopic (exact) mass is 409 g/mol. The highest BCUT2D eigenvalue weighted by atomic mass is 32.1. The van der Waals surface area contributed by atoms with Gasteiger partial charge in [0, 0.05) is 5.69 Å². The van der Waals surface area contributed by atoms with Gasteiger partial charge < -0.3 is 10.4 Å². The van der Waals surface area contributed by atoms with Crippen LogP contribution in [0.15, 0.2) is 75.4 Å². The highest BCUT2D eigenvalue weighted by molar-refractivity contribution is 7.80. The minimum Gasteiger partial charge on any atom is -0.494 e. The van der Waals surface area contributed by atoms with Crippen LogP contribution in [0.4, 0.5) is 5.69 Å². The molecule has 0 aliphatic carbocycles. The van der Waals surface area contributed by atoms with Gasteiger partial charge in [0.2, 0.25) is 5.88 Å². The van der Waals surface area contributed by atoms with Gasteiger partial charge in [-0.15, -0.1) is 0 Å². The van der Waals surface area contributed by atoms with Crippen molar-refractivity contribution in [2.75, 3.05) is 5.32 Å². The molecule has 0 aliphatic heterocycles. The number of nitrogens with zero attached hydrogens (tertiary/aromatic N) is 2. The molecule has 3 aromatic rings. The van der Waals surface area contributed by atoms with Crippen LogP contribution in [0.1, 0.15) is 18.1 Å². The van der Waals surface area contributed by atoms with Crippen molar-refractivity contribution >= 4 is 28.7 Å². The Hall–Kier alpha value is -3.72. The standard InChI is InChI=1S/C20H19N5O3S/c1-13(23-24-19(29)21-15-10-6-3-7-11-15)16-17(26)22-20(28)25(18(16)27)12-14-8-4-2-5-9-14/h2-11,27H,12H2,1H3,(H2,21,24,29)(H,22,26,28)/b23-13+. The molecule has 8 nitrogen and oxygen atoms in total. The second-order valence-electron chi connectivity index (χ2n) is 6.16. The lowest BCUT2D eigenvalue weighted by Gasteiger charge is -2.12. The Morgan fingerprint density at radius 3 is 2.38 bits per heavy atom. The fourth-order valence-electron chi connectivity index (χ4n) is 2.67. The number of aromatic amines is 1. The first-order valence-electron chi connectivity index (χ1n) is 8.72. The van der Waals surface area contributed by atoms with Crippen LogP contribution in [-0.4, -0.2) is 25.5 Å². The summed E-state index contributed by atoms with van der Waals surface area (Å²) in [5.74, 6) is -0.465. The highest BCUT2D eigenvalue weighted by Gasteiger charge is 2.17. The first kappa shape index (κ1) is 20.0. The Balaban J connectivity index is 1.84. The summed E-state index contributed by atoms with van der Waals surface area (Å²) in [4.78, 5) is 26.6. The number of benzene rings is 2. The van der Waals surface area contributed by atoms with E-state index in [2.05, 4.69) is 20.8 Å². The van der Waals surface area contributed by atoms with E-state index in [4.69, 9.17) is 12.2 Å². The molecule has 0 amide bonds. The quantitative estimate of drug-likeness (QED) is 0.291. The smallest absolute Gasteiger partial charge is 0.331 e. The second kappa shape index (κ2) is 8.98. The second-order valence-corrected chi connectivity index (χ2v) is 6.57. The summed E-state index contributed by atoms with van der Waals surface area (Å²) >= 11 is 5.17. The summed E-state index contributed by atoms with van der Waals surface area (Å²) in [6.45, 7) is 1.63. The molecule has 0 fully saturated rings. The van der Waals surface area contributed by atoms with Crippen LogP contribution in [0.25, 0.3) is 0 Å². The lowest BCUT2D eigenvalue weighted by molar-refractivity contribution is 0.408. The summed E-state index contributed by atoms with van der Waals surface area (Å²) < 4.78 is 1.08. The van der Waals surface area contributed by atoms with Crippen molar-refractivity contribution in [2.45, 2.75) is 13.5 Å². The van der Waals surface area contributed by atoms with E-state index in [0.717, 1.165) is 15.8 Å². The van der Waals surface area contributed by atoms with Gasteiger partial charge in [0.25, 0.3) is 5.56 Å². The van der Waals surface area contributed by atoms with Gasteiger partial charge >= 0.3 is 5.69 Å². The number of hydrogen-bond donors (Lipinski definition) is 4. The maximum absolute atomic E-state index is 12.3. The molecule has 0 saturated heterocycles. The molecule has 0 saturated carbocycles. The van der Waals surface area contributed by atoms with Crippen molar-refractivity contribution in [3.63, 3.8) is 0 Å². The number of thiocarbonyl (C=S) groups is 1. The van der Waals surface area contributed by atoms with Crippen LogP contribution in [0.2, 0.25) is 0 Å². The van der Waals surface area contributed by atoms with Gasteiger partial charge in [0.05, 0.1) is 12.3 Å². The van der Waals surface area contributed by atoms with E-state index in [1.54, 1.807) is 0 Å². The van der Waals surface area contributed by atoms with Crippen LogP contribution in [0.5, 0.6) is 5.88 Å². The van der Waals surface area contributed by atoms with Gasteiger partial charge in [-0.3, -0.25) is 19.8 Å². The Morgan fingerprint density at radius 2 is 1.72 bits per heavy atom. The van der Waals surface area contributed by atoms with Crippen LogP contribution in [-0.2, 0) is 6.54 Å². The molecular formula is C20H19N5O3S. The molecule has 0 atom stereocenters. The largest absolute Gasteiger partial charge is 0.494 e. The number of hydrazone groups is 1. The van der Waals surface area contributed by atoms with Crippen molar-refractivity contribution in [1.82, 2.24) is 15.0 Å². The molecule has 0 radical (unpaired) electrons. The van der Waals surface area contributed by atoms with E-state index in [-0.39, 0.29) is 22.9 Å². The Kier molecular flexibility index (Phi) is 6.20. The third kappa shape index (κ3) is 4.96. The predicted molar refractivity (Wildman–Crippen MR) is 117 cm³/mol. The van der Waals surface area contributed by atoms with Gasteiger partial charge in [-0.1, -0.05) is 48.5 Å². The molecular weight excluding hydrogens is 390 g/mol. The van der Waals surface area contributed by atoms with Crippen molar-refractivity contribution in [2.24, 2.45) is 5.10 Å². The summed E-state index contributed by atoms with van der Waals surface area (Å²) in [5.41, 5.74) is 2.81. The third-order valence-electron chi connectivity index (χ3n) is 4.07. The number of rotatable bonds is 5. The normalized spacial score (nSPS) is 11.1. The SMILES string of the molecule is C/C(=N\NC(=S)Nc1ccccc1)c1c(O)n(Cc2ccccc2)c(=O)[nH]c1=O. The molecule has 0 bridgehead atoms. The lowest BCUT2D eigenvalue weighted by atomic mass is 10.2. The fraction of sp³-hybridized carbons (Fsp3) is 0.100. The van der Waals surface area contributed by atoms with Gasteiger partial charge in [0.1, 0.15) is 5.56 Å². The molecule has 0 aliphatic rings. The molecule has 29 heavy (non-hydrogen) atoms. The molecule has 0 unspecified atom stereocenters. The van der Waals surface area contributed by atoms with Crippen LogP contribution >= 0.6 is 12.2 Å². The van der Waals surface area contributed by atoms with E-state index >= 15 is 0 Å². The highest BCUT2D eigenvalue weighted by Crippen LogP contribution is 2.13. The Labute approximate surface area is 171 Å². The van der Waals surface area contributed by atoms with Crippen molar-refractivity contribution < 1.29 is 5.11 Å². The van der Waals surface area contributed by atoms with E-state index < -0.39 is 17.1 Å². The molecule has 0 spiro atoms. The third-order valence-corrected chi connectivity index (χ3v) is 4.27. The summed E-state index contributed by atoms with van der Waals surface area (Å²) in [6, 6.07) is 18.4.